The summed E-state index contributed by atoms with van der Waals surface area (Å²) < 4.78 is 10.4. The Morgan fingerprint density at radius 3 is 2.72 bits per heavy atom. The van der Waals surface area contributed by atoms with E-state index < -0.39 is 0 Å². The number of aryl methyl sites for hydroxylation is 2. The molecule has 3 heterocycles. The number of anilines is 1. The molecule has 8 heteroatoms. The third kappa shape index (κ3) is 3.72. The van der Waals surface area contributed by atoms with Crippen molar-refractivity contribution in [1.29, 1.82) is 0 Å². The Balaban J connectivity index is 1.66. The molecular formula is C17H23N5O3. The zero-order chi connectivity index (χ0) is 17.8. The van der Waals surface area contributed by atoms with E-state index in [9.17, 15) is 4.79 Å². The van der Waals surface area contributed by atoms with Gasteiger partial charge in [0.2, 0.25) is 5.91 Å². The van der Waals surface area contributed by atoms with Crippen LogP contribution in [0.5, 0.6) is 5.88 Å². The summed E-state index contributed by atoms with van der Waals surface area (Å²) in [4.78, 5) is 25.3. The van der Waals surface area contributed by atoms with Gasteiger partial charge in [-0.05, 0) is 20.3 Å². The molecule has 0 aliphatic carbocycles. The van der Waals surface area contributed by atoms with E-state index in [1.165, 1.54) is 0 Å². The van der Waals surface area contributed by atoms with Crippen LogP contribution >= 0.6 is 0 Å². The van der Waals surface area contributed by atoms with Crippen LogP contribution in [0.1, 0.15) is 23.4 Å². The fourth-order valence-corrected chi connectivity index (χ4v) is 3.07. The minimum Gasteiger partial charge on any atom is -0.478 e. The summed E-state index contributed by atoms with van der Waals surface area (Å²) in [5.41, 5.74) is 1.67. The highest BCUT2D eigenvalue weighted by Gasteiger charge is 2.23. The van der Waals surface area contributed by atoms with E-state index in [0.29, 0.717) is 31.2 Å². The summed E-state index contributed by atoms with van der Waals surface area (Å²) in [6, 6.07) is 0. The Kier molecular flexibility index (Phi) is 5.16. The summed E-state index contributed by atoms with van der Waals surface area (Å²) in [7, 11) is 1.59. The van der Waals surface area contributed by atoms with Crippen LogP contribution in [-0.4, -0.2) is 59.2 Å². The summed E-state index contributed by atoms with van der Waals surface area (Å²) in [5.74, 6) is 2.05. The maximum atomic E-state index is 12.7. The van der Waals surface area contributed by atoms with Gasteiger partial charge in [0.25, 0.3) is 5.88 Å². The third-order valence-corrected chi connectivity index (χ3v) is 4.50. The van der Waals surface area contributed by atoms with E-state index >= 15 is 0 Å². The maximum Gasteiger partial charge on any atom is 0.257 e. The average Bonchev–Trinajstić information content (AvgIpc) is 2.83. The summed E-state index contributed by atoms with van der Waals surface area (Å²) in [6.07, 6.45) is 4.46. The molecule has 0 bridgehead atoms. The van der Waals surface area contributed by atoms with Crippen LogP contribution in [0.2, 0.25) is 0 Å². The Morgan fingerprint density at radius 1 is 1.20 bits per heavy atom. The number of amides is 1. The number of nitrogens with zero attached hydrogens (tertiary/aromatic N) is 5. The van der Waals surface area contributed by atoms with Gasteiger partial charge in [-0.3, -0.25) is 4.79 Å². The van der Waals surface area contributed by atoms with E-state index in [2.05, 4.69) is 20.0 Å². The van der Waals surface area contributed by atoms with E-state index in [1.54, 1.807) is 19.5 Å². The summed E-state index contributed by atoms with van der Waals surface area (Å²) >= 11 is 0. The molecule has 1 amide bonds. The van der Waals surface area contributed by atoms with Crippen molar-refractivity contribution in [2.75, 3.05) is 38.2 Å². The predicted molar refractivity (Wildman–Crippen MR) is 91.7 cm³/mol. The van der Waals surface area contributed by atoms with Gasteiger partial charge in [0, 0.05) is 44.1 Å². The van der Waals surface area contributed by atoms with E-state index in [1.807, 2.05) is 18.7 Å². The smallest absolute Gasteiger partial charge is 0.257 e. The molecule has 2 aromatic heterocycles. The molecule has 0 aromatic carbocycles. The lowest BCUT2D eigenvalue weighted by atomic mass is 10.1. The second-order valence-corrected chi connectivity index (χ2v) is 6.09. The number of hydrogen-bond donors (Lipinski definition) is 0. The van der Waals surface area contributed by atoms with Crippen molar-refractivity contribution in [1.82, 2.24) is 20.0 Å². The zero-order valence-electron chi connectivity index (χ0n) is 14.9. The molecule has 0 unspecified atom stereocenters. The lowest BCUT2D eigenvalue weighted by molar-refractivity contribution is -0.130. The lowest BCUT2D eigenvalue weighted by Gasteiger charge is -2.23. The molecule has 3 rings (SSSR count). The number of carbonyl (C=O) groups excluding carboxylic acids is 1. The molecule has 2 aromatic rings. The fraction of sp³-hybridized carbons (Fsp3) is 0.529. The number of methoxy groups -OCH3 is 1. The number of hydrogen-bond acceptors (Lipinski definition) is 7. The van der Waals surface area contributed by atoms with Gasteiger partial charge in [0.1, 0.15) is 5.76 Å². The number of rotatable bonds is 4. The highest BCUT2D eigenvalue weighted by molar-refractivity contribution is 5.79. The summed E-state index contributed by atoms with van der Waals surface area (Å²) in [6.45, 7) is 6.58. The van der Waals surface area contributed by atoms with Gasteiger partial charge in [-0.2, -0.15) is 0 Å². The van der Waals surface area contributed by atoms with Gasteiger partial charge in [0.15, 0.2) is 5.82 Å². The number of aromatic nitrogens is 3. The topological polar surface area (TPSA) is 84.6 Å². The Labute approximate surface area is 146 Å². The summed E-state index contributed by atoms with van der Waals surface area (Å²) in [5, 5.41) is 3.92. The second-order valence-electron chi connectivity index (χ2n) is 6.09. The first-order valence-electron chi connectivity index (χ1n) is 8.39. The first-order valence-corrected chi connectivity index (χ1v) is 8.39. The Morgan fingerprint density at radius 2 is 2.00 bits per heavy atom. The predicted octanol–water partition coefficient (Wildman–Crippen LogP) is 1.37. The van der Waals surface area contributed by atoms with E-state index in [0.717, 1.165) is 36.6 Å². The van der Waals surface area contributed by atoms with Crippen LogP contribution < -0.4 is 9.64 Å². The van der Waals surface area contributed by atoms with Crippen molar-refractivity contribution < 1.29 is 14.1 Å². The zero-order valence-corrected chi connectivity index (χ0v) is 14.9. The highest BCUT2D eigenvalue weighted by atomic mass is 16.5. The van der Waals surface area contributed by atoms with Crippen LogP contribution in [-0.2, 0) is 11.2 Å². The minimum absolute atomic E-state index is 0.0994. The van der Waals surface area contributed by atoms with Crippen molar-refractivity contribution >= 4 is 11.7 Å². The first-order chi connectivity index (χ1) is 12.1. The molecule has 134 valence electrons. The number of carbonyl (C=O) groups is 1. The van der Waals surface area contributed by atoms with Crippen LogP contribution in [0.15, 0.2) is 16.9 Å². The lowest BCUT2D eigenvalue weighted by Crippen LogP contribution is -2.36. The quantitative estimate of drug-likeness (QED) is 0.827. The minimum atomic E-state index is 0.0994. The van der Waals surface area contributed by atoms with Crippen molar-refractivity contribution in [3.8, 4) is 5.88 Å². The first kappa shape index (κ1) is 17.2. The molecule has 0 saturated carbocycles. The standard InChI is InChI=1S/C17H23N5O3/c1-12-14(13(2)25-20-12)11-15(23)21-7-4-8-22(10-9-21)16-17(24-3)19-6-5-18-16/h5-6H,4,7-11H2,1-3H3. The molecule has 1 fully saturated rings. The molecule has 0 spiro atoms. The van der Waals surface area contributed by atoms with Gasteiger partial charge in [-0.25, -0.2) is 9.97 Å². The molecule has 1 saturated heterocycles. The SMILES string of the molecule is COc1nccnc1N1CCCN(C(=O)Cc2c(C)noc2C)CC1. The van der Waals surface area contributed by atoms with Gasteiger partial charge in [0.05, 0.1) is 19.2 Å². The van der Waals surface area contributed by atoms with Gasteiger partial charge in [-0.15, -0.1) is 0 Å². The monoisotopic (exact) mass is 345 g/mol. The van der Waals surface area contributed by atoms with Crippen molar-refractivity contribution in [3.05, 3.63) is 29.4 Å². The normalized spacial score (nSPS) is 15.2. The molecule has 0 atom stereocenters. The van der Waals surface area contributed by atoms with Crippen LogP contribution in [0, 0.1) is 13.8 Å². The van der Waals surface area contributed by atoms with Crippen LogP contribution in [0.25, 0.3) is 0 Å². The van der Waals surface area contributed by atoms with Crippen LogP contribution in [0.4, 0.5) is 5.82 Å². The molecule has 25 heavy (non-hydrogen) atoms. The van der Waals surface area contributed by atoms with Gasteiger partial charge < -0.3 is 19.1 Å². The Hall–Kier alpha value is -2.64. The Bertz CT molecular complexity index is 726. The fourth-order valence-electron chi connectivity index (χ4n) is 3.07. The van der Waals surface area contributed by atoms with E-state index in [4.69, 9.17) is 9.26 Å². The molecule has 8 nitrogen and oxygen atoms in total. The molecule has 1 aliphatic rings. The highest BCUT2D eigenvalue weighted by Crippen LogP contribution is 2.23. The van der Waals surface area contributed by atoms with Crippen molar-refractivity contribution in [2.45, 2.75) is 26.7 Å². The van der Waals surface area contributed by atoms with Gasteiger partial charge >= 0.3 is 0 Å². The maximum absolute atomic E-state index is 12.7. The largest absolute Gasteiger partial charge is 0.478 e. The van der Waals surface area contributed by atoms with Crippen molar-refractivity contribution in [3.63, 3.8) is 0 Å². The average molecular weight is 345 g/mol. The van der Waals surface area contributed by atoms with E-state index in [-0.39, 0.29) is 5.91 Å². The number of ether oxygens (including phenoxy) is 1. The third-order valence-electron chi connectivity index (χ3n) is 4.50. The second kappa shape index (κ2) is 7.50. The van der Waals surface area contributed by atoms with Crippen molar-refractivity contribution in [2.24, 2.45) is 0 Å². The molecule has 1 aliphatic heterocycles. The molecular weight excluding hydrogens is 322 g/mol. The molecule has 0 radical (unpaired) electrons. The molecule has 0 N–H and O–H groups in total. The van der Waals surface area contributed by atoms with Crippen LogP contribution in [0.3, 0.4) is 0 Å². The van der Waals surface area contributed by atoms with Gasteiger partial charge in [-0.1, -0.05) is 5.16 Å².